The molecule has 1 rings (SSSR count). The van der Waals surface area contributed by atoms with Gasteiger partial charge in [0.1, 0.15) is 11.5 Å². The number of amides is 2. The van der Waals surface area contributed by atoms with Crippen molar-refractivity contribution < 1.29 is 14.8 Å². The minimum Gasteiger partial charge on any atom is -0.409 e. The number of rotatable bonds is 4. The molecule has 1 aliphatic rings. The van der Waals surface area contributed by atoms with E-state index < -0.39 is 11.5 Å². The number of carbonyl (C=O) groups is 2. The van der Waals surface area contributed by atoms with Crippen molar-refractivity contribution in [3.63, 3.8) is 0 Å². The number of nitrogens with zero attached hydrogens (tertiary/aromatic N) is 2. The molecule has 2 unspecified atom stereocenters. The van der Waals surface area contributed by atoms with Crippen LogP contribution >= 0.6 is 0 Å². The highest BCUT2D eigenvalue weighted by atomic mass is 16.4. The topological polar surface area (TPSA) is 108 Å². The van der Waals surface area contributed by atoms with Gasteiger partial charge < -0.3 is 21.2 Å². The zero-order valence-corrected chi connectivity index (χ0v) is 11.6. The minimum atomic E-state index is -1.08. The molecule has 2 amide bonds. The summed E-state index contributed by atoms with van der Waals surface area (Å²) in [6, 6.07) is -0.487. The first kappa shape index (κ1) is 15.3. The van der Waals surface area contributed by atoms with E-state index in [2.05, 4.69) is 10.5 Å². The lowest BCUT2D eigenvalue weighted by atomic mass is 9.83. The van der Waals surface area contributed by atoms with Gasteiger partial charge in [0, 0.05) is 13.1 Å². The van der Waals surface area contributed by atoms with Crippen LogP contribution in [0.15, 0.2) is 5.16 Å². The molecule has 1 saturated heterocycles. The maximum absolute atomic E-state index is 12.6. The van der Waals surface area contributed by atoms with Gasteiger partial charge in [0.15, 0.2) is 5.84 Å². The van der Waals surface area contributed by atoms with Crippen LogP contribution in [0.2, 0.25) is 0 Å². The average Bonchev–Trinajstić information content (AvgIpc) is 2.44. The molecular formula is C12H22N4O3. The van der Waals surface area contributed by atoms with Gasteiger partial charge >= 0.3 is 0 Å². The van der Waals surface area contributed by atoms with Crippen molar-refractivity contribution in [1.82, 2.24) is 10.2 Å². The van der Waals surface area contributed by atoms with E-state index in [9.17, 15) is 9.59 Å². The lowest BCUT2D eigenvalue weighted by Crippen LogP contribution is -2.61. The quantitative estimate of drug-likeness (QED) is 0.286. The fraction of sp³-hybridized carbons (Fsp3) is 0.750. The van der Waals surface area contributed by atoms with Gasteiger partial charge in [-0.1, -0.05) is 19.0 Å². The molecule has 1 fully saturated rings. The Hall–Kier alpha value is -1.79. The summed E-state index contributed by atoms with van der Waals surface area (Å²) in [6.07, 6.45) is 0.934. The van der Waals surface area contributed by atoms with E-state index in [1.165, 1.54) is 4.90 Å². The van der Waals surface area contributed by atoms with Gasteiger partial charge in [-0.2, -0.15) is 0 Å². The highest BCUT2D eigenvalue weighted by Crippen LogP contribution is 2.27. The van der Waals surface area contributed by atoms with E-state index in [0.717, 1.165) is 0 Å². The largest absolute Gasteiger partial charge is 0.409 e. The van der Waals surface area contributed by atoms with Crippen LogP contribution in [0.3, 0.4) is 0 Å². The first-order valence-electron chi connectivity index (χ1n) is 6.49. The Kier molecular flexibility index (Phi) is 4.74. The van der Waals surface area contributed by atoms with Gasteiger partial charge in [0.25, 0.3) is 0 Å². The molecule has 1 heterocycles. The number of oxime groups is 1. The molecule has 0 saturated carbocycles. The van der Waals surface area contributed by atoms with E-state index in [-0.39, 0.29) is 17.6 Å². The summed E-state index contributed by atoms with van der Waals surface area (Å²) in [6.45, 7) is 6.14. The standard InChI is InChI=1S/C12H22N4O3/c1-4-8-9(17)14-6-7-16(8)11(18)12(3,5-2)10(13)15-19/h8,19H,4-7H2,1-3H3,(H2,13,15)(H,14,17). The number of piperazine rings is 1. The molecule has 0 aromatic rings. The van der Waals surface area contributed by atoms with Crippen LogP contribution in [0.5, 0.6) is 0 Å². The normalized spacial score (nSPS) is 23.7. The van der Waals surface area contributed by atoms with Gasteiger partial charge in [-0.05, 0) is 19.8 Å². The molecule has 2 atom stereocenters. The van der Waals surface area contributed by atoms with Crippen LogP contribution in [0, 0.1) is 5.41 Å². The van der Waals surface area contributed by atoms with Crippen molar-refractivity contribution in [3.05, 3.63) is 0 Å². The molecule has 0 bridgehead atoms. The van der Waals surface area contributed by atoms with E-state index in [1.54, 1.807) is 13.8 Å². The van der Waals surface area contributed by atoms with Gasteiger partial charge in [-0.3, -0.25) is 9.59 Å². The number of hydrogen-bond donors (Lipinski definition) is 3. The van der Waals surface area contributed by atoms with Crippen molar-refractivity contribution in [3.8, 4) is 0 Å². The minimum absolute atomic E-state index is 0.124. The van der Waals surface area contributed by atoms with E-state index in [1.807, 2.05) is 6.92 Å². The fourth-order valence-corrected chi connectivity index (χ4v) is 2.23. The molecule has 0 aromatic heterocycles. The van der Waals surface area contributed by atoms with Crippen LogP contribution in [-0.2, 0) is 9.59 Å². The Bertz CT molecular complexity index is 396. The molecule has 0 radical (unpaired) electrons. The van der Waals surface area contributed by atoms with E-state index in [4.69, 9.17) is 10.9 Å². The fourth-order valence-electron chi connectivity index (χ4n) is 2.23. The van der Waals surface area contributed by atoms with Crippen LogP contribution in [-0.4, -0.2) is 46.9 Å². The molecule has 7 heteroatoms. The second-order valence-electron chi connectivity index (χ2n) is 4.88. The Morgan fingerprint density at radius 2 is 2.26 bits per heavy atom. The lowest BCUT2D eigenvalue weighted by molar-refractivity contribution is -0.148. The summed E-state index contributed by atoms with van der Waals surface area (Å²) in [5.41, 5.74) is 4.56. The maximum atomic E-state index is 12.6. The monoisotopic (exact) mass is 270 g/mol. The third-order valence-corrected chi connectivity index (χ3v) is 3.83. The Morgan fingerprint density at radius 3 is 2.74 bits per heavy atom. The summed E-state index contributed by atoms with van der Waals surface area (Å²) < 4.78 is 0. The summed E-state index contributed by atoms with van der Waals surface area (Å²) >= 11 is 0. The Balaban J connectivity index is 3.06. The molecule has 19 heavy (non-hydrogen) atoms. The molecule has 0 spiro atoms. The second kappa shape index (κ2) is 5.90. The molecule has 4 N–H and O–H groups in total. The maximum Gasteiger partial charge on any atom is 0.242 e. The van der Waals surface area contributed by atoms with E-state index >= 15 is 0 Å². The van der Waals surface area contributed by atoms with Gasteiger partial charge in [0.05, 0.1) is 0 Å². The van der Waals surface area contributed by atoms with Crippen molar-refractivity contribution >= 4 is 17.6 Å². The number of nitrogens with two attached hydrogens (primary N) is 1. The number of hydrogen-bond acceptors (Lipinski definition) is 4. The van der Waals surface area contributed by atoms with Gasteiger partial charge in [-0.15, -0.1) is 0 Å². The summed E-state index contributed by atoms with van der Waals surface area (Å²) in [5, 5.41) is 14.5. The smallest absolute Gasteiger partial charge is 0.242 e. The Morgan fingerprint density at radius 1 is 1.63 bits per heavy atom. The zero-order chi connectivity index (χ0) is 14.6. The van der Waals surface area contributed by atoms with Crippen molar-refractivity contribution in [1.29, 1.82) is 0 Å². The third-order valence-electron chi connectivity index (χ3n) is 3.83. The zero-order valence-electron chi connectivity index (χ0n) is 11.6. The van der Waals surface area contributed by atoms with Crippen molar-refractivity contribution in [2.45, 2.75) is 39.7 Å². The molecule has 7 nitrogen and oxygen atoms in total. The summed E-state index contributed by atoms with van der Waals surface area (Å²) in [4.78, 5) is 25.9. The first-order chi connectivity index (χ1) is 8.92. The van der Waals surface area contributed by atoms with Crippen LogP contribution in [0.4, 0.5) is 0 Å². The number of carbonyl (C=O) groups excluding carboxylic acids is 2. The molecule has 108 valence electrons. The molecular weight excluding hydrogens is 248 g/mol. The summed E-state index contributed by atoms with van der Waals surface area (Å²) in [7, 11) is 0. The number of amidine groups is 1. The first-order valence-corrected chi connectivity index (χ1v) is 6.49. The van der Waals surface area contributed by atoms with Crippen molar-refractivity contribution in [2.75, 3.05) is 13.1 Å². The highest BCUT2D eigenvalue weighted by molar-refractivity contribution is 6.07. The van der Waals surface area contributed by atoms with Gasteiger partial charge in [0.2, 0.25) is 11.8 Å². The van der Waals surface area contributed by atoms with Crippen molar-refractivity contribution in [2.24, 2.45) is 16.3 Å². The predicted octanol–water partition coefficient (Wildman–Crippen LogP) is -0.114. The third kappa shape index (κ3) is 2.64. The predicted molar refractivity (Wildman–Crippen MR) is 70.6 cm³/mol. The van der Waals surface area contributed by atoms with Crippen LogP contribution in [0.25, 0.3) is 0 Å². The Labute approximate surface area is 112 Å². The van der Waals surface area contributed by atoms with Crippen LogP contribution < -0.4 is 11.1 Å². The molecule has 0 aromatic carbocycles. The van der Waals surface area contributed by atoms with Gasteiger partial charge in [-0.25, -0.2) is 0 Å². The summed E-state index contributed by atoms with van der Waals surface area (Å²) in [5.74, 6) is -0.548. The number of nitrogens with one attached hydrogen (secondary N) is 1. The second-order valence-corrected chi connectivity index (χ2v) is 4.88. The molecule has 1 aliphatic heterocycles. The molecule has 0 aliphatic carbocycles. The SMILES string of the molecule is CCC1C(=O)NCCN1C(=O)C(C)(CC)C(N)=NO. The van der Waals surface area contributed by atoms with E-state index in [0.29, 0.717) is 25.9 Å². The van der Waals surface area contributed by atoms with Crippen LogP contribution in [0.1, 0.15) is 33.6 Å². The lowest BCUT2D eigenvalue weighted by Gasteiger charge is -2.39. The highest BCUT2D eigenvalue weighted by Gasteiger charge is 2.43. The average molecular weight is 270 g/mol.